The second kappa shape index (κ2) is 9.44. The van der Waals surface area contributed by atoms with Gasteiger partial charge in [0.15, 0.2) is 0 Å². The van der Waals surface area contributed by atoms with Crippen molar-refractivity contribution in [1.29, 1.82) is 0 Å². The Hall–Kier alpha value is -2.50. The van der Waals surface area contributed by atoms with E-state index >= 15 is 0 Å². The number of carbonyl (C=O) groups excluding carboxylic acids is 1. The van der Waals surface area contributed by atoms with Gasteiger partial charge in [-0.15, -0.1) is 0 Å². The molecule has 3 rings (SSSR count). The Morgan fingerprint density at radius 1 is 1.19 bits per heavy atom. The maximum atomic E-state index is 12.1. The van der Waals surface area contributed by atoms with Gasteiger partial charge in [-0.2, -0.15) is 0 Å². The number of rotatable bonds is 8. The molecule has 1 N–H and O–H groups in total. The van der Waals surface area contributed by atoms with Crippen molar-refractivity contribution in [3.05, 3.63) is 76.8 Å². The molecular weight excluding hydrogens is 385 g/mol. The fourth-order valence-electron chi connectivity index (χ4n) is 2.60. The molecule has 0 spiro atoms. The molecule has 0 radical (unpaired) electrons. The van der Waals surface area contributed by atoms with E-state index in [0.717, 1.165) is 11.3 Å². The maximum Gasteiger partial charge on any atom is 0.220 e. The van der Waals surface area contributed by atoms with Gasteiger partial charge in [0, 0.05) is 30.4 Å². The van der Waals surface area contributed by atoms with E-state index in [1.54, 1.807) is 30.7 Å². The van der Waals surface area contributed by atoms with Crippen LogP contribution in [0.2, 0.25) is 10.0 Å². The Morgan fingerprint density at radius 2 is 2.04 bits per heavy atom. The van der Waals surface area contributed by atoms with Crippen LogP contribution in [0.5, 0.6) is 5.75 Å². The molecule has 0 saturated heterocycles. The topological polar surface area (TPSA) is 56.1 Å². The van der Waals surface area contributed by atoms with Crippen LogP contribution in [0.1, 0.15) is 18.4 Å². The van der Waals surface area contributed by atoms with E-state index in [1.165, 1.54) is 0 Å². The summed E-state index contributed by atoms with van der Waals surface area (Å²) in [5.41, 5.74) is 2.02. The number of para-hydroxylation sites is 1. The zero-order valence-electron chi connectivity index (χ0n) is 14.6. The fourth-order valence-corrected chi connectivity index (χ4v) is 3.07. The minimum atomic E-state index is -0.0266. The highest BCUT2D eigenvalue weighted by Gasteiger charge is 2.07. The van der Waals surface area contributed by atoms with Gasteiger partial charge in [-0.1, -0.05) is 41.4 Å². The van der Waals surface area contributed by atoms with Crippen molar-refractivity contribution in [2.75, 3.05) is 6.61 Å². The van der Waals surface area contributed by atoms with E-state index in [-0.39, 0.29) is 5.91 Å². The van der Waals surface area contributed by atoms with Crippen LogP contribution in [0.3, 0.4) is 0 Å². The second-order valence-corrected chi connectivity index (χ2v) is 6.75. The third-order valence-electron chi connectivity index (χ3n) is 3.95. The zero-order valence-corrected chi connectivity index (χ0v) is 16.1. The third-order valence-corrected chi connectivity index (χ3v) is 4.48. The van der Waals surface area contributed by atoms with Gasteiger partial charge < -0.3 is 14.6 Å². The molecule has 0 aliphatic carbocycles. The summed E-state index contributed by atoms with van der Waals surface area (Å²) in [7, 11) is 0. The van der Waals surface area contributed by atoms with E-state index in [1.807, 2.05) is 35.0 Å². The lowest BCUT2D eigenvalue weighted by Gasteiger charge is -2.11. The normalized spacial score (nSPS) is 10.6. The molecule has 0 aliphatic heterocycles. The number of amides is 1. The highest BCUT2D eigenvalue weighted by atomic mass is 35.5. The summed E-state index contributed by atoms with van der Waals surface area (Å²) < 4.78 is 7.51. The first kappa shape index (κ1) is 19.3. The number of aromatic nitrogens is 2. The summed E-state index contributed by atoms with van der Waals surface area (Å²) in [4.78, 5) is 16.2. The molecule has 0 unspecified atom stereocenters. The van der Waals surface area contributed by atoms with E-state index in [2.05, 4.69) is 10.3 Å². The van der Waals surface area contributed by atoms with Gasteiger partial charge in [-0.25, -0.2) is 4.98 Å². The Bertz CT molecular complexity index is 898. The van der Waals surface area contributed by atoms with Gasteiger partial charge in [0.1, 0.15) is 5.75 Å². The standard InChI is InChI=1S/C20H19Cl2N3O2/c21-16-7-8-19(17(22)12-16)27-11-3-6-20(26)24-13-15-4-1-2-5-18(15)25-10-9-23-14-25/h1-2,4-5,7-10,12,14H,3,6,11,13H2,(H,24,26). The Morgan fingerprint density at radius 3 is 2.81 bits per heavy atom. The van der Waals surface area contributed by atoms with Gasteiger partial charge in [-0.3, -0.25) is 4.79 Å². The van der Waals surface area contributed by atoms with Crippen LogP contribution in [0.4, 0.5) is 0 Å². The van der Waals surface area contributed by atoms with Crippen molar-refractivity contribution in [1.82, 2.24) is 14.9 Å². The molecule has 5 nitrogen and oxygen atoms in total. The summed E-state index contributed by atoms with van der Waals surface area (Å²) in [6.07, 6.45) is 6.30. The minimum Gasteiger partial charge on any atom is -0.492 e. The predicted octanol–water partition coefficient (Wildman–Crippen LogP) is 4.65. The minimum absolute atomic E-state index is 0.0266. The van der Waals surface area contributed by atoms with Crippen molar-refractivity contribution in [2.24, 2.45) is 0 Å². The molecule has 7 heteroatoms. The molecule has 140 valence electrons. The Kier molecular flexibility index (Phi) is 6.74. The molecule has 0 saturated carbocycles. The van der Waals surface area contributed by atoms with Crippen LogP contribution in [0.25, 0.3) is 5.69 Å². The van der Waals surface area contributed by atoms with E-state index in [0.29, 0.717) is 41.8 Å². The lowest BCUT2D eigenvalue weighted by atomic mass is 10.1. The zero-order chi connectivity index (χ0) is 19.1. The van der Waals surface area contributed by atoms with Crippen LogP contribution in [0.15, 0.2) is 61.2 Å². The molecule has 3 aromatic rings. The van der Waals surface area contributed by atoms with Gasteiger partial charge in [0.05, 0.1) is 23.6 Å². The number of halogens is 2. The average Bonchev–Trinajstić information content (AvgIpc) is 3.20. The van der Waals surface area contributed by atoms with E-state index < -0.39 is 0 Å². The lowest BCUT2D eigenvalue weighted by molar-refractivity contribution is -0.121. The summed E-state index contributed by atoms with van der Waals surface area (Å²) in [5, 5.41) is 3.97. The van der Waals surface area contributed by atoms with Crippen molar-refractivity contribution in [3.8, 4) is 11.4 Å². The first-order valence-electron chi connectivity index (χ1n) is 8.54. The number of hydrogen-bond acceptors (Lipinski definition) is 3. The number of carbonyl (C=O) groups is 1. The Labute approximate surface area is 167 Å². The summed E-state index contributed by atoms with van der Waals surface area (Å²) in [5.74, 6) is 0.539. The largest absolute Gasteiger partial charge is 0.492 e. The summed E-state index contributed by atoms with van der Waals surface area (Å²) in [6, 6.07) is 13.0. The third kappa shape index (κ3) is 5.49. The number of ether oxygens (including phenoxy) is 1. The average molecular weight is 404 g/mol. The van der Waals surface area contributed by atoms with Crippen LogP contribution >= 0.6 is 23.2 Å². The van der Waals surface area contributed by atoms with Crippen LogP contribution in [-0.2, 0) is 11.3 Å². The highest BCUT2D eigenvalue weighted by Crippen LogP contribution is 2.27. The first-order valence-corrected chi connectivity index (χ1v) is 9.30. The van der Waals surface area contributed by atoms with Gasteiger partial charge in [0.25, 0.3) is 0 Å². The maximum absolute atomic E-state index is 12.1. The monoisotopic (exact) mass is 403 g/mol. The Balaban J connectivity index is 1.44. The van der Waals surface area contributed by atoms with Gasteiger partial charge >= 0.3 is 0 Å². The summed E-state index contributed by atoms with van der Waals surface area (Å²) >= 11 is 11.9. The van der Waals surface area contributed by atoms with Crippen LogP contribution in [0, 0.1) is 0 Å². The molecule has 2 aromatic carbocycles. The number of nitrogens with one attached hydrogen (secondary N) is 1. The molecule has 1 aromatic heterocycles. The van der Waals surface area contributed by atoms with E-state index in [4.69, 9.17) is 27.9 Å². The number of hydrogen-bond donors (Lipinski definition) is 1. The van der Waals surface area contributed by atoms with Crippen molar-refractivity contribution in [2.45, 2.75) is 19.4 Å². The number of imidazole rings is 1. The first-order chi connectivity index (χ1) is 13.1. The SMILES string of the molecule is O=C(CCCOc1ccc(Cl)cc1Cl)NCc1ccccc1-n1ccnc1. The molecule has 0 bridgehead atoms. The summed E-state index contributed by atoms with van der Waals surface area (Å²) in [6.45, 7) is 0.859. The predicted molar refractivity (Wildman–Crippen MR) is 107 cm³/mol. The number of nitrogens with zero attached hydrogens (tertiary/aromatic N) is 2. The van der Waals surface area contributed by atoms with E-state index in [9.17, 15) is 4.79 Å². The van der Waals surface area contributed by atoms with Crippen molar-refractivity contribution in [3.63, 3.8) is 0 Å². The van der Waals surface area contributed by atoms with Crippen molar-refractivity contribution >= 4 is 29.1 Å². The fraction of sp³-hybridized carbons (Fsp3) is 0.200. The molecular formula is C20H19Cl2N3O2. The van der Waals surface area contributed by atoms with Crippen LogP contribution < -0.4 is 10.1 Å². The second-order valence-electron chi connectivity index (χ2n) is 5.90. The smallest absolute Gasteiger partial charge is 0.220 e. The van der Waals surface area contributed by atoms with Gasteiger partial charge in [-0.05, 0) is 36.2 Å². The molecule has 1 amide bonds. The quantitative estimate of drug-likeness (QED) is 0.556. The molecule has 27 heavy (non-hydrogen) atoms. The molecule has 0 aliphatic rings. The molecule has 1 heterocycles. The number of benzene rings is 2. The molecule has 0 fully saturated rings. The van der Waals surface area contributed by atoms with Crippen molar-refractivity contribution < 1.29 is 9.53 Å². The van der Waals surface area contributed by atoms with Crippen LogP contribution in [-0.4, -0.2) is 22.1 Å². The molecule has 0 atom stereocenters. The highest BCUT2D eigenvalue weighted by molar-refractivity contribution is 6.35. The lowest BCUT2D eigenvalue weighted by Crippen LogP contribution is -2.23. The van der Waals surface area contributed by atoms with Gasteiger partial charge in [0.2, 0.25) is 5.91 Å².